The minimum atomic E-state index is -0.0321. The summed E-state index contributed by atoms with van der Waals surface area (Å²) in [7, 11) is 5.21. The van der Waals surface area contributed by atoms with Gasteiger partial charge in [-0.15, -0.1) is 0 Å². The minimum Gasteiger partial charge on any atom is -0.493 e. The Morgan fingerprint density at radius 1 is 0.963 bits per heavy atom. The highest BCUT2D eigenvalue weighted by atomic mass is 16.5. The summed E-state index contributed by atoms with van der Waals surface area (Å²) in [5, 5.41) is 3.39. The summed E-state index contributed by atoms with van der Waals surface area (Å²) in [6, 6.07) is 12.3. The lowest BCUT2D eigenvalue weighted by atomic mass is 10.2. The van der Waals surface area contributed by atoms with E-state index in [0.717, 1.165) is 28.7 Å². The highest BCUT2D eigenvalue weighted by molar-refractivity contribution is 5.76. The fourth-order valence-corrected chi connectivity index (χ4v) is 3.07. The Morgan fingerprint density at radius 3 is 2.37 bits per heavy atom. The van der Waals surface area contributed by atoms with E-state index >= 15 is 0 Å². The number of fused-ring (bicyclic) bond motifs is 1. The maximum absolute atomic E-state index is 12.1. The lowest BCUT2D eigenvalue weighted by molar-refractivity contribution is 0.284. The van der Waals surface area contributed by atoms with Gasteiger partial charge in [0.2, 0.25) is 0 Å². The first kappa shape index (κ1) is 19.0. The minimum absolute atomic E-state index is 0.0321. The van der Waals surface area contributed by atoms with Crippen LogP contribution < -0.4 is 20.5 Å². The number of hydrogen-bond acceptors (Lipinski definition) is 4. The molecule has 0 aliphatic carbocycles. The summed E-state index contributed by atoms with van der Waals surface area (Å²) in [4.78, 5) is 12.1. The molecular formula is C21H27N3O3. The topological polar surface area (TPSA) is 57.4 Å². The molecule has 0 amide bonds. The third-order valence-electron chi connectivity index (χ3n) is 4.67. The zero-order valence-electron chi connectivity index (χ0n) is 16.6. The monoisotopic (exact) mass is 369 g/mol. The largest absolute Gasteiger partial charge is 0.493 e. The molecule has 0 atom stereocenters. The molecule has 0 aliphatic rings. The quantitative estimate of drug-likeness (QED) is 0.696. The van der Waals surface area contributed by atoms with Gasteiger partial charge in [0.15, 0.2) is 11.5 Å². The Kier molecular flexibility index (Phi) is 5.56. The van der Waals surface area contributed by atoms with Crippen LogP contribution in [0.25, 0.3) is 11.0 Å². The van der Waals surface area contributed by atoms with Gasteiger partial charge in [0, 0.05) is 26.7 Å². The summed E-state index contributed by atoms with van der Waals surface area (Å²) in [5.74, 6) is 1.42. The van der Waals surface area contributed by atoms with Crippen LogP contribution in [0.15, 0.2) is 41.2 Å². The first-order valence-corrected chi connectivity index (χ1v) is 9.08. The highest BCUT2D eigenvalue weighted by Crippen LogP contribution is 2.29. The predicted molar refractivity (Wildman–Crippen MR) is 107 cm³/mol. The van der Waals surface area contributed by atoms with Crippen molar-refractivity contribution < 1.29 is 9.47 Å². The molecule has 1 N–H and O–H groups in total. The van der Waals surface area contributed by atoms with Crippen molar-refractivity contribution in [2.75, 3.05) is 7.11 Å². The lowest BCUT2D eigenvalue weighted by Crippen LogP contribution is -2.21. The highest BCUT2D eigenvalue weighted by Gasteiger charge is 2.10. The second-order valence-corrected chi connectivity index (χ2v) is 7.03. The van der Waals surface area contributed by atoms with Crippen LogP contribution in [0, 0.1) is 0 Å². The summed E-state index contributed by atoms with van der Waals surface area (Å²) in [6.07, 6.45) is 0. The van der Waals surface area contributed by atoms with Gasteiger partial charge in [-0.1, -0.05) is 26.0 Å². The van der Waals surface area contributed by atoms with Crippen molar-refractivity contribution in [2.45, 2.75) is 33.0 Å². The number of imidazole rings is 1. The van der Waals surface area contributed by atoms with Crippen molar-refractivity contribution in [3.8, 4) is 11.5 Å². The van der Waals surface area contributed by atoms with Gasteiger partial charge in [0.25, 0.3) is 0 Å². The van der Waals surface area contributed by atoms with E-state index < -0.39 is 0 Å². The van der Waals surface area contributed by atoms with Crippen molar-refractivity contribution in [1.82, 2.24) is 14.5 Å². The smallest absolute Gasteiger partial charge is 0.328 e. The number of benzene rings is 2. The maximum Gasteiger partial charge on any atom is 0.328 e. The Morgan fingerprint density at radius 2 is 1.67 bits per heavy atom. The molecular weight excluding hydrogens is 342 g/mol. The molecule has 0 radical (unpaired) electrons. The van der Waals surface area contributed by atoms with Crippen molar-refractivity contribution in [3.05, 3.63) is 58.0 Å². The van der Waals surface area contributed by atoms with Gasteiger partial charge >= 0.3 is 5.69 Å². The molecule has 1 aromatic heterocycles. The van der Waals surface area contributed by atoms with Crippen LogP contribution in [-0.2, 0) is 27.2 Å². The molecule has 1 heterocycles. The molecule has 0 bridgehead atoms. The van der Waals surface area contributed by atoms with Crippen molar-refractivity contribution >= 4 is 11.0 Å². The van der Waals surface area contributed by atoms with Crippen LogP contribution >= 0.6 is 0 Å². The standard InChI is InChI=1S/C21H27N3O3/c1-14(2)22-12-15-7-9-19(20(11-15)26-5)27-13-16-6-8-17-18(10-16)24(4)21(25)23(17)3/h6-11,14,22H,12-13H2,1-5H3. The van der Waals surface area contributed by atoms with Crippen LogP contribution in [-0.4, -0.2) is 22.3 Å². The van der Waals surface area contributed by atoms with E-state index in [4.69, 9.17) is 9.47 Å². The number of ether oxygens (including phenoxy) is 2. The Hall–Kier alpha value is -2.73. The summed E-state index contributed by atoms with van der Waals surface area (Å²) < 4.78 is 14.8. The van der Waals surface area contributed by atoms with Crippen LogP contribution in [0.3, 0.4) is 0 Å². The van der Waals surface area contributed by atoms with Gasteiger partial charge in [-0.05, 0) is 35.4 Å². The predicted octanol–water partition coefficient (Wildman–Crippen LogP) is 2.96. The van der Waals surface area contributed by atoms with E-state index in [1.54, 1.807) is 30.3 Å². The molecule has 3 aromatic rings. The molecule has 0 saturated heterocycles. The van der Waals surface area contributed by atoms with Crippen LogP contribution in [0.5, 0.6) is 11.5 Å². The normalized spacial score (nSPS) is 11.3. The maximum atomic E-state index is 12.1. The Balaban J connectivity index is 1.77. The second-order valence-electron chi connectivity index (χ2n) is 7.03. The molecule has 0 fully saturated rings. The number of hydrogen-bond donors (Lipinski definition) is 1. The van der Waals surface area contributed by atoms with Crippen LogP contribution in [0.2, 0.25) is 0 Å². The van der Waals surface area contributed by atoms with Gasteiger partial charge < -0.3 is 14.8 Å². The zero-order valence-corrected chi connectivity index (χ0v) is 16.6. The average Bonchev–Trinajstić information content (AvgIpc) is 2.88. The summed E-state index contributed by atoms with van der Waals surface area (Å²) in [6.45, 7) is 5.42. The molecule has 6 nitrogen and oxygen atoms in total. The van der Waals surface area contributed by atoms with Gasteiger partial charge in [0.1, 0.15) is 6.61 Å². The van der Waals surface area contributed by atoms with Gasteiger partial charge in [-0.2, -0.15) is 0 Å². The van der Waals surface area contributed by atoms with Crippen molar-refractivity contribution in [2.24, 2.45) is 14.1 Å². The van der Waals surface area contributed by atoms with E-state index in [-0.39, 0.29) is 5.69 Å². The molecule has 6 heteroatoms. The molecule has 144 valence electrons. The summed E-state index contributed by atoms with van der Waals surface area (Å²) >= 11 is 0. The molecule has 0 spiro atoms. The molecule has 27 heavy (non-hydrogen) atoms. The third-order valence-corrected chi connectivity index (χ3v) is 4.67. The van der Waals surface area contributed by atoms with Gasteiger partial charge in [0.05, 0.1) is 18.1 Å². The fraction of sp³-hybridized carbons (Fsp3) is 0.381. The van der Waals surface area contributed by atoms with E-state index in [1.807, 2.05) is 36.4 Å². The van der Waals surface area contributed by atoms with Gasteiger partial charge in [-0.3, -0.25) is 9.13 Å². The third kappa shape index (κ3) is 4.01. The van der Waals surface area contributed by atoms with Crippen LogP contribution in [0.4, 0.5) is 0 Å². The molecule has 0 saturated carbocycles. The number of rotatable bonds is 7. The SMILES string of the molecule is COc1cc(CNC(C)C)ccc1OCc1ccc2c(c1)n(C)c(=O)n2C. The van der Waals surface area contributed by atoms with Gasteiger partial charge in [-0.25, -0.2) is 4.79 Å². The Bertz CT molecular complexity index is 1000. The molecule has 3 rings (SSSR count). The first-order chi connectivity index (χ1) is 12.9. The van der Waals surface area contributed by atoms with E-state index in [1.165, 1.54) is 0 Å². The van der Waals surface area contributed by atoms with E-state index in [9.17, 15) is 4.79 Å². The van der Waals surface area contributed by atoms with Crippen molar-refractivity contribution in [3.63, 3.8) is 0 Å². The molecule has 0 unspecified atom stereocenters. The Labute approximate surface area is 159 Å². The molecule has 2 aromatic carbocycles. The number of aromatic nitrogens is 2. The fourth-order valence-electron chi connectivity index (χ4n) is 3.07. The lowest BCUT2D eigenvalue weighted by Gasteiger charge is -2.14. The number of methoxy groups -OCH3 is 1. The van der Waals surface area contributed by atoms with Crippen LogP contribution in [0.1, 0.15) is 25.0 Å². The second kappa shape index (κ2) is 7.88. The zero-order chi connectivity index (χ0) is 19.6. The average molecular weight is 369 g/mol. The first-order valence-electron chi connectivity index (χ1n) is 9.08. The summed E-state index contributed by atoms with van der Waals surface area (Å²) in [5.41, 5.74) is 3.91. The van der Waals surface area contributed by atoms with E-state index in [0.29, 0.717) is 24.1 Å². The molecule has 0 aliphatic heterocycles. The number of nitrogens with zero attached hydrogens (tertiary/aromatic N) is 2. The van der Waals surface area contributed by atoms with Crippen molar-refractivity contribution in [1.29, 1.82) is 0 Å². The number of nitrogens with one attached hydrogen (secondary N) is 1. The number of aryl methyl sites for hydroxylation is 2. The van der Waals surface area contributed by atoms with E-state index in [2.05, 4.69) is 19.2 Å².